The van der Waals surface area contributed by atoms with Crippen LogP contribution in [0.25, 0.3) is 0 Å². The summed E-state index contributed by atoms with van der Waals surface area (Å²) in [6.07, 6.45) is -0.0583. The first-order valence-corrected chi connectivity index (χ1v) is 9.53. The number of sulfonamides is 1. The zero-order valence-corrected chi connectivity index (χ0v) is 15.9. The SMILES string of the molecule is Cc1ccc(S(=O)(=O)N(C)C(Cc2cc(Cl)cc(Cl)c2)C(=O)O)cc1. The Morgan fingerprint density at radius 1 is 1.12 bits per heavy atom. The van der Waals surface area contributed by atoms with Gasteiger partial charge in [-0.3, -0.25) is 4.79 Å². The van der Waals surface area contributed by atoms with Crippen LogP contribution in [0.15, 0.2) is 47.4 Å². The van der Waals surface area contributed by atoms with Gasteiger partial charge in [0, 0.05) is 17.1 Å². The predicted octanol–water partition coefficient (Wildman–Crippen LogP) is 3.62. The molecule has 0 saturated carbocycles. The van der Waals surface area contributed by atoms with E-state index in [1.807, 2.05) is 6.92 Å². The molecule has 0 radical (unpaired) electrons. The van der Waals surface area contributed by atoms with E-state index in [2.05, 4.69) is 0 Å². The Kier molecular flexibility index (Phi) is 6.11. The van der Waals surface area contributed by atoms with E-state index in [0.29, 0.717) is 15.6 Å². The highest BCUT2D eigenvalue weighted by Crippen LogP contribution is 2.23. The quantitative estimate of drug-likeness (QED) is 0.801. The van der Waals surface area contributed by atoms with Crippen molar-refractivity contribution in [2.75, 3.05) is 7.05 Å². The van der Waals surface area contributed by atoms with Crippen LogP contribution in [0.4, 0.5) is 0 Å². The summed E-state index contributed by atoms with van der Waals surface area (Å²) in [7, 11) is -2.70. The maximum atomic E-state index is 12.7. The number of hydrogen-bond acceptors (Lipinski definition) is 3. The molecule has 1 N–H and O–H groups in total. The van der Waals surface area contributed by atoms with Crippen molar-refractivity contribution >= 4 is 39.2 Å². The largest absolute Gasteiger partial charge is 0.480 e. The van der Waals surface area contributed by atoms with Crippen molar-refractivity contribution < 1.29 is 18.3 Å². The molecule has 0 aliphatic rings. The second-order valence-electron chi connectivity index (χ2n) is 5.67. The number of likely N-dealkylation sites (N-methyl/N-ethyl adjacent to an activating group) is 1. The molecule has 5 nitrogen and oxygen atoms in total. The molecule has 0 amide bonds. The van der Waals surface area contributed by atoms with Crippen LogP contribution in [0, 0.1) is 6.92 Å². The normalized spacial score (nSPS) is 13.0. The average Bonchev–Trinajstić information content (AvgIpc) is 2.51. The predicted molar refractivity (Wildman–Crippen MR) is 97.7 cm³/mol. The van der Waals surface area contributed by atoms with Gasteiger partial charge in [-0.1, -0.05) is 40.9 Å². The van der Waals surface area contributed by atoms with E-state index in [1.165, 1.54) is 25.2 Å². The first-order chi connectivity index (χ1) is 11.6. The molecule has 0 heterocycles. The lowest BCUT2D eigenvalue weighted by atomic mass is 10.1. The minimum absolute atomic E-state index is 0.0379. The molecule has 1 unspecified atom stereocenters. The fourth-order valence-corrected chi connectivity index (χ4v) is 4.25. The fourth-order valence-electron chi connectivity index (χ4n) is 2.37. The van der Waals surface area contributed by atoms with Gasteiger partial charge in [0.25, 0.3) is 0 Å². The van der Waals surface area contributed by atoms with Crippen LogP contribution in [0.2, 0.25) is 10.0 Å². The van der Waals surface area contributed by atoms with Crippen molar-refractivity contribution in [3.63, 3.8) is 0 Å². The second-order valence-corrected chi connectivity index (χ2v) is 8.54. The van der Waals surface area contributed by atoms with Gasteiger partial charge in [-0.05, 0) is 49.2 Å². The van der Waals surface area contributed by atoms with Gasteiger partial charge in [-0.25, -0.2) is 8.42 Å². The number of benzene rings is 2. The molecule has 0 fully saturated rings. The highest BCUT2D eigenvalue weighted by atomic mass is 35.5. The molecule has 2 aromatic rings. The van der Waals surface area contributed by atoms with Crippen LogP contribution in [-0.4, -0.2) is 36.9 Å². The number of carboxylic acid groups (broad SMARTS) is 1. The van der Waals surface area contributed by atoms with Crippen molar-refractivity contribution in [2.24, 2.45) is 0 Å². The summed E-state index contributed by atoms with van der Waals surface area (Å²) >= 11 is 11.9. The highest BCUT2D eigenvalue weighted by Gasteiger charge is 2.33. The van der Waals surface area contributed by atoms with E-state index < -0.39 is 22.0 Å². The summed E-state index contributed by atoms with van der Waals surface area (Å²) < 4.78 is 26.3. The molecule has 0 aliphatic carbocycles. The molecule has 0 bridgehead atoms. The van der Waals surface area contributed by atoms with Crippen LogP contribution in [0.5, 0.6) is 0 Å². The maximum absolute atomic E-state index is 12.7. The Hall–Kier alpha value is -1.60. The molecule has 8 heteroatoms. The topological polar surface area (TPSA) is 74.7 Å². The van der Waals surface area contributed by atoms with Gasteiger partial charge in [0.15, 0.2) is 0 Å². The van der Waals surface area contributed by atoms with Crippen molar-refractivity contribution in [3.8, 4) is 0 Å². The zero-order chi connectivity index (χ0) is 18.8. The molecule has 134 valence electrons. The average molecular weight is 402 g/mol. The monoisotopic (exact) mass is 401 g/mol. The van der Waals surface area contributed by atoms with E-state index in [0.717, 1.165) is 9.87 Å². The Bertz CT molecular complexity index is 862. The van der Waals surface area contributed by atoms with Gasteiger partial charge in [-0.2, -0.15) is 4.31 Å². The third-order valence-electron chi connectivity index (χ3n) is 3.77. The molecule has 2 rings (SSSR count). The first-order valence-electron chi connectivity index (χ1n) is 7.34. The number of aliphatic carboxylic acids is 1. The number of halogens is 2. The first kappa shape index (κ1) is 19.7. The van der Waals surface area contributed by atoms with E-state index in [4.69, 9.17) is 23.2 Å². The van der Waals surface area contributed by atoms with Gasteiger partial charge < -0.3 is 5.11 Å². The lowest BCUT2D eigenvalue weighted by Crippen LogP contribution is -2.43. The molecular weight excluding hydrogens is 385 g/mol. The van der Waals surface area contributed by atoms with Crippen molar-refractivity contribution in [1.29, 1.82) is 0 Å². The van der Waals surface area contributed by atoms with Gasteiger partial charge >= 0.3 is 5.97 Å². The smallest absolute Gasteiger partial charge is 0.322 e. The van der Waals surface area contributed by atoms with Gasteiger partial charge in [-0.15, -0.1) is 0 Å². The molecule has 2 aromatic carbocycles. The van der Waals surface area contributed by atoms with Crippen molar-refractivity contribution in [2.45, 2.75) is 24.3 Å². The van der Waals surface area contributed by atoms with Gasteiger partial charge in [0.2, 0.25) is 10.0 Å². The summed E-state index contributed by atoms with van der Waals surface area (Å²) in [4.78, 5) is 11.7. The number of carbonyl (C=O) groups is 1. The Morgan fingerprint density at radius 2 is 1.64 bits per heavy atom. The molecule has 1 atom stereocenters. The van der Waals surface area contributed by atoms with Crippen molar-refractivity contribution in [1.82, 2.24) is 4.31 Å². The Labute approximate surface area is 156 Å². The standard InChI is InChI=1S/C17H17Cl2NO4S/c1-11-3-5-15(6-4-11)25(23,24)20(2)16(17(21)22)9-12-7-13(18)10-14(19)8-12/h3-8,10,16H,9H2,1-2H3,(H,21,22). The molecule has 25 heavy (non-hydrogen) atoms. The number of hydrogen-bond donors (Lipinski definition) is 1. The number of aryl methyl sites for hydroxylation is 1. The summed E-state index contributed by atoms with van der Waals surface area (Å²) in [5.74, 6) is -1.26. The van der Waals surface area contributed by atoms with Crippen LogP contribution >= 0.6 is 23.2 Å². The Balaban J connectivity index is 2.35. The van der Waals surface area contributed by atoms with E-state index in [1.54, 1.807) is 24.3 Å². The fraction of sp³-hybridized carbons (Fsp3) is 0.235. The van der Waals surface area contributed by atoms with E-state index in [-0.39, 0.29) is 11.3 Å². The summed E-state index contributed by atoms with van der Waals surface area (Å²) in [6, 6.07) is 9.59. The zero-order valence-electron chi connectivity index (χ0n) is 13.6. The number of nitrogens with zero attached hydrogens (tertiary/aromatic N) is 1. The second kappa shape index (κ2) is 7.74. The van der Waals surface area contributed by atoms with Gasteiger partial charge in [0.05, 0.1) is 4.90 Å². The van der Waals surface area contributed by atoms with Gasteiger partial charge in [0.1, 0.15) is 6.04 Å². The summed E-state index contributed by atoms with van der Waals surface area (Å²) in [5, 5.41) is 10.2. The molecule has 0 saturated heterocycles. The van der Waals surface area contributed by atoms with Crippen LogP contribution in [-0.2, 0) is 21.2 Å². The molecule has 0 aromatic heterocycles. The van der Waals surface area contributed by atoms with Crippen LogP contribution in [0.3, 0.4) is 0 Å². The maximum Gasteiger partial charge on any atom is 0.322 e. The molecule has 0 aliphatic heterocycles. The molecule has 0 spiro atoms. The van der Waals surface area contributed by atoms with Crippen LogP contribution in [0.1, 0.15) is 11.1 Å². The Morgan fingerprint density at radius 3 is 2.12 bits per heavy atom. The van der Waals surface area contributed by atoms with E-state index in [9.17, 15) is 18.3 Å². The minimum atomic E-state index is -3.95. The summed E-state index contributed by atoms with van der Waals surface area (Å²) in [6.45, 7) is 1.84. The van der Waals surface area contributed by atoms with E-state index >= 15 is 0 Å². The third-order valence-corrected chi connectivity index (χ3v) is 6.09. The minimum Gasteiger partial charge on any atom is -0.480 e. The lowest BCUT2D eigenvalue weighted by molar-refractivity contribution is -0.141. The number of carboxylic acids is 1. The van der Waals surface area contributed by atoms with Crippen molar-refractivity contribution in [3.05, 3.63) is 63.6 Å². The molecular formula is C17H17Cl2NO4S. The summed E-state index contributed by atoms with van der Waals surface area (Å²) in [5.41, 5.74) is 1.45. The lowest BCUT2D eigenvalue weighted by Gasteiger charge is -2.24. The van der Waals surface area contributed by atoms with Crippen LogP contribution < -0.4 is 0 Å². The number of rotatable bonds is 6. The highest BCUT2D eigenvalue weighted by molar-refractivity contribution is 7.89. The third kappa shape index (κ3) is 4.73.